The van der Waals surface area contributed by atoms with Crippen LogP contribution in [0.3, 0.4) is 0 Å². The molecule has 10 heteroatoms. The predicted octanol–water partition coefficient (Wildman–Crippen LogP) is 2.18. The molecule has 0 spiro atoms. The van der Waals surface area contributed by atoms with Gasteiger partial charge < -0.3 is 19.7 Å². The number of carbonyl (C=O) groups excluding carboxylic acids is 2. The largest absolute Gasteiger partial charge is 0.486 e. The van der Waals surface area contributed by atoms with Crippen LogP contribution >= 0.6 is 0 Å². The van der Waals surface area contributed by atoms with Crippen LogP contribution in [-0.4, -0.2) is 53.4 Å². The number of carboxylic acids is 2. The Bertz CT molecular complexity index is 997. The van der Waals surface area contributed by atoms with Crippen molar-refractivity contribution in [2.45, 2.75) is 12.5 Å². The van der Waals surface area contributed by atoms with E-state index in [2.05, 4.69) is 4.89 Å². The SMILES string of the molecule is O=C(O)c1ccc(C(=O)O)c(OC2CCOOC(=O)c3cccc(c3)C(=O)OC2)c1. The van der Waals surface area contributed by atoms with Crippen LogP contribution in [0.1, 0.15) is 47.9 Å². The molecule has 1 unspecified atom stereocenters. The summed E-state index contributed by atoms with van der Waals surface area (Å²) in [6.07, 6.45) is -0.859. The average Bonchev–Trinajstić information content (AvgIpc) is 2.73. The van der Waals surface area contributed by atoms with Crippen LogP contribution in [0, 0.1) is 0 Å². The van der Waals surface area contributed by atoms with Gasteiger partial charge in [0.25, 0.3) is 0 Å². The quantitative estimate of drug-likeness (QED) is 0.561. The first kappa shape index (κ1) is 20.8. The molecule has 1 atom stereocenters. The Balaban J connectivity index is 1.84. The summed E-state index contributed by atoms with van der Waals surface area (Å²) in [6, 6.07) is 8.95. The van der Waals surface area contributed by atoms with E-state index < -0.39 is 30.0 Å². The summed E-state index contributed by atoms with van der Waals surface area (Å²) >= 11 is 0. The molecule has 2 bridgehead atoms. The lowest BCUT2D eigenvalue weighted by Crippen LogP contribution is -2.28. The van der Waals surface area contributed by atoms with Gasteiger partial charge in [-0.15, -0.1) is 0 Å². The number of ether oxygens (including phenoxy) is 2. The number of fused-ring (bicyclic) bond motifs is 2. The van der Waals surface area contributed by atoms with Crippen molar-refractivity contribution < 1.29 is 48.6 Å². The second-order valence-electron chi connectivity index (χ2n) is 6.22. The summed E-state index contributed by atoms with van der Waals surface area (Å²) in [5, 5.41) is 18.5. The molecule has 1 aliphatic heterocycles. The number of carbonyl (C=O) groups is 4. The Hall–Kier alpha value is -3.92. The first-order valence-electron chi connectivity index (χ1n) is 8.73. The van der Waals surface area contributed by atoms with E-state index in [1.54, 1.807) is 0 Å². The van der Waals surface area contributed by atoms with Crippen LogP contribution in [0.5, 0.6) is 5.75 Å². The Morgan fingerprint density at radius 2 is 1.70 bits per heavy atom. The second-order valence-corrected chi connectivity index (χ2v) is 6.22. The molecule has 0 aromatic heterocycles. The van der Waals surface area contributed by atoms with E-state index in [4.69, 9.17) is 19.5 Å². The van der Waals surface area contributed by atoms with Crippen molar-refractivity contribution in [3.05, 3.63) is 64.7 Å². The molecule has 156 valence electrons. The molecule has 2 aromatic rings. The Morgan fingerprint density at radius 1 is 0.967 bits per heavy atom. The van der Waals surface area contributed by atoms with Gasteiger partial charge in [0.05, 0.1) is 23.3 Å². The van der Waals surface area contributed by atoms with Gasteiger partial charge >= 0.3 is 23.9 Å². The summed E-state index contributed by atoms with van der Waals surface area (Å²) in [4.78, 5) is 56.4. The zero-order valence-corrected chi connectivity index (χ0v) is 15.4. The van der Waals surface area contributed by atoms with E-state index in [9.17, 15) is 24.3 Å². The van der Waals surface area contributed by atoms with Gasteiger partial charge in [-0.2, -0.15) is 4.89 Å². The van der Waals surface area contributed by atoms with E-state index >= 15 is 0 Å². The molecule has 2 aromatic carbocycles. The van der Waals surface area contributed by atoms with Gasteiger partial charge in [-0.3, -0.25) is 4.89 Å². The highest BCUT2D eigenvalue weighted by Gasteiger charge is 2.22. The molecule has 0 saturated carbocycles. The first-order chi connectivity index (χ1) is 14.3. The van der Waals surface area contributed by atoms with Gasteiger partial charge in [-0.1, -0.05) is 6.07 Å². The molecule has 0 radical (unpaired) electrons. The van der Waals surface area contributed by atoms with Gasteiger partial charge in [0.15, 0.2) is 0 Å². The van der Waals surface area contributed by atoms with E-state index in [1.807, 2.05) is 0 Å². The number of aromatic carboxylic acids is 2. The van der Waals surface area contributed by atoms with Crippen LogP contribution in [0.2, 0.25) is 0 Å². The van der Waals surface area contributed by atoms with Crippen LogP contribution in [0.4, 0.5) is 0 Å². The maximum absolute atomic E-state index is 12.3. The third kappa shape index (κ3) is 4.92. The van der Waals surface area contributed by atoms with E-state index in [1.165, 1.54) is 24.3 Å². The summed E-state index contributed by atoms with van der Waals surface area (Å²) in [5.74, 6) is -4.33. The Labute approximate surface area is 169 Å². The second kappa shape index (κ2) is 9.05. The van der Waals surface area contributed by atoms with Crippen LogP contribution in [-0.2, 0) is 14.5 Å². The summed E-state index contributed by atoms with van der Waals surface area (Å²) in [6.45, 7) is -0.425. The van der Waals surface area contributed by atoms with Gasteiger partial charge in [0.2, 0.25) is 0 Å². The van der Waals surface area contributed by atoms with Crippen LogP contribution in [0.25, 0.3) is 0 Å². The molecule has 3 rings (SSSR count). The van der Waals surface area contributed by atoms with Gasteiger partial charge in [-0.05, 0) is 36.4 Å². The highest BCUT2D eigenvalue weighted by Crippen LogP contribution is 2.23. The highest BCUT2D eigenvalue weighted by molar-refractivity contribution is 5.95. The van der Waals surface area contributed by atoms with E-state index in [0.717, 1.165) is 18.2 Å². The molecular weight excluding hydrogens is 400 g/mol. The van der Waals surface area contributed by atoms with Crippen LogP contribution < -0.4 is 4.74 Å². The lowest BCUT2D eigenvalue weighted by atomic mass is 10.1. The fraction of sp³-hybridized carbons (Fsp3) is 0.200. The lowest BCUT2D eigenvalue weighted by Gasteiger charge is -2.21. The first-order valence-corrected chi connectivity index (χ1v) is 8.73. The minimum absolute atomic E-state index is 0.0465. The molecule has 0 saturated heterocycles. The average molecular weight is 416 g/mol. The normalized spacial score (nSPS) is 17.0. The van der Waals surface area contributed by atoms with Crippen molar-refractivity contribution in [2.75, 3.05) is 13.2 Å². The molecule has 30 heavy (non-hydrogen) atoms. The molecular formula is C20H16O10. The lowest BCUT2D eigenvalue weighted by molar-refractivity contribution is -0.243. The van der Waals surface area contributed by atoms with Crippen molar-refractivity contribution in [3.8, 4) is 5.75 Å². The fourth-order valence-electron chi connectivity index (χ4n) is 2.63. The fourth-order valence-corrected chi connectivity index (χ4v) is 2.63. The van der Waals surface area contributed by atoms with Gasteiger partial charge in [0.1, 0.15) is 24.0 Å². The highest BCUT2D eigenvalue weighted by atomic mass is 17.2. The van der Waals surface area contributed by atoms with Crippen molar-refractivity contribution in [1.82, 2.24) is 0 Å². The maximum Gasteiger partial charge on any atom is 0.373 e. The Morgan fingerprint density at radius 3 is 2.40 bits per heavy atom. The van der Waals surface area contributed by atoms with Crippen molar-refractivity contribution >= 4 is 23.9 Å². The number of rotatable bonds is 4. The minimum Gasteiger partial charge on any atom is -0.486 e. The number of hydrogen-bond acceptors (Lipinski definition) is 8. The predicted molar refractivity (Wildman–Crippen MR) is 97.5 cm³/mol. The third-order valence-corrected chi connectivity index (χ3v) is 4.14. The monoisotopic (exact) mass is 416 g/mol. The molecule has 0 fully saturated rings. The summed E-state index contributed by atoms with van der Waals surface area (Å²) in [5.41, 5.74) is -0.239. The Kier molecular flexibility index (Phi) is 6.28. The smallest absolute Gasteiger partial charge is 0.373 e. The number of esters is 1. The topological polar surface area (TPSA) is 146 Å². The van der Waals surface area contributed by atoms with Crippen molar-refractivity contribution in [1.29, 1.82) is 0 Å². The van der Waals surface area contributed by atoms with Crippen molar-refractivity contribution in [2.24, 2.45) is 0 Å². The molecule has 0 aliphatic carbocycles. The van der Waals surface area contributed by atoms with E-state index in [0.29, 0.717) is 0 Å². The molecule has 10 nitrogen and oxygen atoms in total. The molecule has 0 amide bonds. The molecule has 1 aliphatic rings. The molecule has 2 N–H and O–H groups in total. The number of hydrogen-bond donors (Lipinski definition) is 2. The van der Waals surface area contributed by atoms with Gasteiger partial charge in [-0.25, -0.2) is 19.2 Å². The molecule has 1 heterocycles. The third-order valence-electron chi connectivity index (χ3n) is 4.14. The van der Waals surface area contributed by atoms with Crippen molar-refractivity contribution in [3.63, 3.8) is 0 Å². The number of cyclic esters (lactones) is 1. The standard InChI is InChI=1S/C20H16O10/c21-17(22)11-4-5-15(18(23)24)16(9-11)29-14-6-7-28-30-20(26)13-3-1-2-12(8-13)19(25)27-10-14/h1-5,8-9,14H,6-7,10H2,(H,21,22)(H,23,24). The zero-order chi connectivity index (χ0) is 21.7. The summed E-state index contributed by atoms with van der Waals surface area (Å²) < 4.78 is 10.8. The maximum atomic E-state index is 12.3. The van der Waals surface area contributed by atoms with Gasteiger partial charge in [0, 0.05) is 6.42 Å². The zero-order valence-electron chi connectivity index (χ0n) is 15.4. The van der Waals surface area contributed by atoms with Crippen LogP contribution in [0.15, 0.2) is 42.5 Å². The van der Waals surface area contributed by atoms with E-state index in [-0.39, 0.29) is 47.6 Å². The number of carboxylic acid groups (broad SMARTS) is 2. The minimum atomic E-state index is -1.32. The summed E-state index contributed by atoms with van der Waals surface area (Å²) in [7, 11) is 0. The number of benzene rings is 2.